The van der Waals surface area contributed by atoms with Gasteiger partial charge in [0.2, 0.25) is 0 Å². The molecule has 1 unspecified atom stereocenters. The van der Waals surface area contributed by atoms with E-state index >= 15 is 0 Å². The Morgan fingerprint density at radius 1 is 0.867 bits per heavy atom. The number of aryl methyl sites for hydroxylation is 1. The van der Waals surface area contributed by atoms with Crippen LogP contribution in [-0.2, 0) is 0 Å². The van der Waals surface area contributed by atoms with Crippen LogP contribution in [0.5, 0.6) is 0 Å². The van der Waals surface area contributed by atoms with Crippen LogP contribution in [-0.4, -0.2) is 40.5 Å². The third-order valence-electron chi connectivity index (χ3n) is 5.87. The molecule has 1 aromatic heterocycles. The lowest BCUT2D eigenvalue weighted by molar-refractivity contribution is 0.460. The van der Waals surface area contributed by atoms with E-state index in [1.165, 1.54) is 16.9 Å². The topological polar surface area (TPSA) is 46.3 Å². The monoisotopic (exact) mass is 407 g/mol. The molecule has 160 valence electrons. The minimum Gasteiger partial charge on any atom is -0.368 e. The fourth-order valence-electron chi connectivity index (χ4n) is 3.77. The molecular formula is C24H33N5O. The summed E-state index contributed by atoms with van der Waals surface area (Å²) in [5.74, 6) is 0. The van der Waals surface area contributed by atoms with Gasteiger partial charge in [0.05, 0.1) is 11.7 Å². The predicted octanol–water partition coefficient (Wildman–Crippen LogP) is 4.28. The molecule has 0 aliphatic carbocycles. The fraction of sp³-hybridized carbons (Fsp3) is 0.417. The van der Waals surface area contributed by atoms with Gasteiger partial charge < -0.3 is 9.80 Å². The maximum atomic E-state index is 12.6. The first-order chi connectivity index (χ1) is 14.1. The van der Waals surface area contributed by atoms with Crippen molar-refractivity contribution >= 4 is 11.4 Å². The highest BCUT2D eigenvalue weighted by molar-refractivity contribution is 5.54. The van der Waals surface area contributed by atoms with Crippen LogP contribution >= 0.6 is 0 Å². The maximum absolute atomic E-state index is 12.6. The van der Waals surface area contributed by atoms with Gasteiger partial charge in [-0.05, 0) is 56.7 Å². The molecule has 1 aliphatic rings. The standard InChI is InChI=1S/C23H29N5O.CH4/c1-4-19(3)28-23(29)27(17-24-28)22-11-9-21(10-12-22)26-15-13-25(14-16-26)20-7-5-18(2)6-8-20;/h5-12,17,19H,4,13-16H2,1-3H3;1H4. The van der Waals surface area contributed by atoms with E-state index in [-0.39, 0.29) is 19.2 Å². The Bertz CT molecular complexity index is 995. The molecule has 1 saturated heterocycles. The molecule has 0 spiro atoms. The highest BCUT2D eigenvalue weighted by Crippen LogP contribution is 2.22. The largest absolute Gasteiger partial charge is 0.368 e. The molecule has 0 bridgehead atoms. The molecule has 0 radical (unpaired) electrons. The lowest BCUT2D eigenvalue weighted by Gasteiger charge is -2.37. The van der Waals surface area contributed by atoms with Crippen LogP contribution in [0.3, 0.4) is 0 Å². The summed E-state index contributed by atoms with van der Waals surface area (Å²) in [5.41, 5.74) is 4.55. The van der Waals surface area contributed by atoms with Crippen molar-refractivity contribution in [3.63, 3.8) is 0 Å². The Kier molecular flexibility index (Phi) is 6.65. The Morgan fingerprint density at radius 3 is 1.83 bits per heavy atom. The second kappa shape index (κ2) is 9.20. The zero-order chi connectivity index (χ0) is 20.4. The van der Waals surface area contributed by atoms with Crippen molar-refractivity contribution in [3.8, 4) is 5.69 Å². The summed E-state index contributed by atoms with van der Waals surface area (Å²) in [4.78, 5) is 17.4. The van der Waals surface area contributed by atoms with E-state index in [1.54, 1.807) is 15.6 Å². The SMILES string of the molecule is C.CCC(C)n1ncn(-c2ccc(N3CCN(c4ccc(C)cc4)CC3)cc2)c1=O. The Balaban J connectivity index is 0.00000256. The third-order valence-corrected chi connectivity index (χ3v) is 5.87. The van der Waals surface area contributed by atoms with Gasteiger partial charge in [-0.25, -0.2) is 14.0 Å². The molecule has 2 aromatic carbocycles. The van der Waals surface area contributed by atoms with E-state index < -0.39 is 0 Å². The summed E-state index contributed by atoms with van der Waals surface area (Å²) in [5, 5.41) is 4.27. The number of benzene rings is 2. The summed E-state index contributed by atoms with van der Waals surface area (Å²) < 4.78 is 3.17. The summed E-state index contributed by atoms with van der Waals surface area (Å²) in [6.45, 7) is 10.2. The molecule has 0 N–H and O–H groups in total. The molecule has 6 heteroatoms. The van der Waals surface area contributed by atoms with Crippen molar-refractivity contribution in [2.24, 2.45) is 0 Å². The van der Waals surface area contributed by atoms with Gasteiger partial charge in [-0.15, -0.1) is 0 Å². The highest BCUT2D eigenvalue weighted by Gasteiger charge is 2.18. The third kappa shape index (κ3) is 4.27. The van der Waals surface area contributed by atoms with E-state index in [2.05, 4.69) is 65.1 Å². The lowest BCUT2D eigenvalue weighted by atomic mass is 10.2. The summed E-state index contributed by atoms with van der Waals surface area (Å²) >= 11 is 0. The predicted molar refractivity (Wildman–Crippen MR) is 125 cm³/mol. The number of piperazine rings is 1. The quantitative estimate of drug-likeness (QED) is 0.633. The molecule has 0 amide bonds. The van der Waals surface area contributed by atoms with Gasteiger partial charge in [0, 0.05) is 37.6 Å². The van der Waals surface area contributed by atoms with Crippen LogP contribution in [0, 0.1) is 6.92 Å². The minimum atomic E-state index is -0.0844. The van der Waals surface area contributed by atoms with Gasteiger partial charge in [-0.3, -0.25) is 0 Å². The molecular weight excluding hydrogens is 374 g/mol. The number of anilines is 2. The molecule has 1 aliphatic heterocycles. The van der Waals surface area contributed by atoms with Crippen LogP contribution in [0.2, 0.25) is 0 Å². The van der Waals surface area contributed by atoms with Crippen molar-refractivity contribution in [1.29, 1.82) is 0 Å². The van der Waals surface area contributed by atoms with Crippen molar-refractivity contribution in [1.82, 2.24) is 14.3 Å². The Morgan fingerprint density at radius 2 is 1.33 bits per heavy atom. The van der Waals surface area contributed by atoms with E-state index in [1.807, 2.05) is 19.1 Å². The van der Waals surface area contributed by atoms with E-state index in [0.29, 0.717) is 0 Å². The normalized spacial score (nSPS) is 15.0. The molecule has 2 heterocycles. The molecule has 6 nitrogen and oxygen atoms in total. The van der Waals surface area contributed by atoms with Crippen molar-refractivity contribution in [2.45, 2.75) is 40.7 Å². The van der Waals surface area contributed by atoms with Crippen LogP contribution < -0.4 is 15.5 Å². The molecule has 30 heavy (non-hydrogen) atoms. The number of rotatable bonds is 5. The van der Waals surface area contributed by atoms with Crippen molar-refractivity contribution in [3.05, 3.63) is 70.9 Å². The number of hydrogen-bond acceptors (Lipinski definition) is 4. The lowest BCUT2D eigenvalue weighted by Crippen LogP contribution is -2.46. The maximum Gasteiger partial charge on any atom is 0.350 e. The van der Waals surface area contributed by atoms with E-state index in [4.69, 9.17) is 0 Å². The van der Waals surface area contributed by atoms with Gasteiger partial charge in [-0.1, -0.05) is 32.0 Å². The number of hydrogen-bond donors (Lipinski definition) is 0. The molecule has 3 aromatic rings. The molecule has 4 rings (SSSR count). The first-order valence-corrected chi connectivity index (χ1v) is 10.4. The summed E-state index contributed by atoms with van der Waals surface area (Å²) in [6, 6.07) is 17.1. The van der Waals surface area contributed by atoms with Gasteiger partial charge >= 0.3 is 5.69 Å². The average Bonchev–Trinajstić information content (AvgIpc) is 3.15. The first-order valence-electron chi connectivity index (χ1n) is 10.4. The molecule has 0 saturated carbocycles. The molecule has 1 atom stereocenters. The highest BCUT2D eigenvalue weighted by atomic mass is 16.2. The zero-order valence-electron chi connectivity index (χ0n) is 17.5. The van der Waals surface area contributed by atoms with E-state index in [9.17, 15) is 4.79 Å². The zero-order valence-corrected chi connectivity index (χ0v) is 17.5. The second-order valence-corrected chi connectivity index (χ2v) is 7.81. The van der Waals surface area contributed by atoms with Crippen LogP contribution in [0.15, 0.2) is 59.7 Å². The fourth-order valence-corrected chi connectivity index (χ4v) is 3.77. The van der Waals surface area contributed by atoms with Crippen LogP contribution in [0.25, 0.3) is 5.69 Å². The van der Waals surface area contributed by atoms with Gasteiger partial charge in [-0.2, -0.15) is 5.10 Å². The Hall–Kier alpha value is -3.02. The van der Waals surface area contributed by atoms with Crippen molar-refractivity contribution < 1.29 is 0 Å². The van der Waals surface area contributed by atoms with Gasteiger partial charge in [0.25, 0.3) is 0 Å². The van der Waals surface area contributed by atoms with E-state index in [0.717, 1.165) is 38.3 Å². The van der Waals surface area contributed by atoms with Gasteiger partial charge in [0.1, 0.15) is 6.33 Å². The first kappa shape index (κ1) is 21.7. The summed E-state index contributed by atoms with van der Waals surface area (Å²) in [7, 11) is 0. The number of aromatic nitrogens is 3. The summed E-state index contributed by atoms with van der Waals surface area (Å²) in [6.07, 6.45) is 2.49. The Labute approximate surface area is 179 Å². The molecule has 1 fully saturated rings. The average molecular weight is 408 g/mol. The minimum absolute atomic E-state index is 0. The number of nitrogens with zero attached hydrogens (tertiary/aromatic N) is 5. The van der Waals surface area contributed by atoms with Crippen LogP contribution in [0.4, 0.5) is 11.4 Å². The smallest absolute Gasteiger partial charge is 0.350 e. The van der Waals surface area contributed by atoms with Crippen LogP contribution in [0.1, 0.15) is 39.3 Å². The van der Waals surface area contributed by atoms with Gasteiger partial charge in [0.15, 0.2) is 0 Å². The van der Waals surface area contributed by atoms with Crippen molar-refractivity contribution in [2.75, 3.05) is 36.0 Å². The second-order valence-electron chi connectivity index (χ2n) is 7.81.